The van der Waals surface area contributed by atoms with Crippen molar-refractivity contribution >= 4 is 37.7 Å². The molecular formula is C24H26Si2. The fourth-order valence-electron chi connectivity index (χ4n) is 2.78. The molecule has 0 aliphatic heterocycles. The lowest BCUT2D eigenvalue weighted by Crippen LogP contribution is -2.16. The largest absolute Gasteiger partial charge is 0.129 e. The van der Waals surface area contributed by atoms with E-state index in [4.69, 9.17) is 0 Å². The van der Waals surface area contributed by atoms with E-state index < -0.39 is 16.1 Å². The Balaban J connectivity index is 2.27. The third-order valence-corrected chi connectivity index (χ3v) is 5.77. The second-order valence-corrected chi connectivity index (χ2v) is 18.4. The van der Waals surface area contributed by atoms with Gasteiger partial charge in [0.25, 0.3) is 0 Å². The molecule has 0 spiro atoms. The molecule has 0 saturated carbocycles. The Morgan fingerprint density at radius 2 is 1.00 bits per heavy atom. The normalized spacial score (nSPS) is 11.6. The van der Waals surface area contributed by atoms with Gasteiger partial charge in [0.15, 0.2) is 0 Å². The summed E-state index contributed by atoms with van der Waals surface area (Å²) in [6.45, 7) is 13.7. The van der Waals surface area contributed by atoms with Gasteiger partial charge < -0.3 is 0 Å². The van der Waals surface area contributed by atoms with Crippen LogP contribution in [0.4, 0.5) is 0 Å². The molecule has 3 aromatic carbocycles. The van der Waals surface area contributed by atoms with Crippen LogP contribution in [-0.2, 0) is 0 Å². The number of fused-ring (bicyclic) bond motifs is 2. The molecule has 130 valence electrons. The predicted octanol–water partition coefficient (Wildman–Crippen LogP) is 6.45. The zero-order valence-corrected chi connectivity index (χ0v) is 18.6. The zero-order valence-electron chi connectivity index (χ0n) is 16.6. The van der Waals surface area contributed by atoms with Crippen molar-refractivity contribution in [3.63, 3.8) is 0 Å². The summed E-state index contributed by atoms with van der Waals surface area (Å²) >= 11 is 0. The molecule has 0 fully saturated rings. The lowest BCUT2D eigenvalue weighted by molar-refractivity contribution is 1.70. The lowest BCUT2D eigenvalue weighted by Gasteiger charge is -2.08. The molecule has 0 unspecified atom stereocenters. The maximum absolute atomic E-state index is 3.50. The van der Waals surface area contributed by atoms with Gasteiger partial charge in [-0.15, -0.1) is 11.1 Å². The molecule has 0 heterocycles. The Kier molecular flexibility index (Phi) is 4.85. The van der Waals surface area contributed by atoms with Crippen molar-refractivity contribution in [2.75, 3.05) is 0 Å². The van der Waals surface area contributed by atoms with Crippen LogP contribution in [0.15, 0.2) is 48.5 Å². The fraction of sp³-hybridized carbons (Fsp3) is 0.250. The van der Waals surface area contributed by atoms with Gasteiger partial charge in [0, 0.05) is 11.1 Å². The molecule has 0 N–H and O–H groups in total. The third-order valence-electron chi connectivity index (χ3n) is 4.02. The number of hydrogen-bond acceptors (Lipinski definition) is 0. The lowest BCUT2D eigenvalue weighted by atomic mass is 9.97. The standard InChI is InChI=1S/C24H26Si2/c1-25(2,3)15-13-19-9-7-11-21-17-22-12-8-10-20(14-16-26(4,5)6)24(22)18-23(19)21/h7-12,17-18H,1-6H3. The Morgan fingerprint density at radius 3 is 1.38 bits per heavy atom. The van der Waals surface area contributed by atoms with Crippen molar-refractivity contribution in [1.29, 1.82) is 0 Å². The van der Waals surface area contributed by atoms with Crippen LogP contribution < -0.4 is 0 Å². The maximum atomic E-state index is 3.50. The summed E-state index contributed by atoms with van der Waals surface area (Å²) in [6.07, 6.45) is 0. The average molecular weight is 371 g/mol. The first kappa shape index (κ1) is 18.5. The Hall–Kier alpha value is -2.27. The molecular weight excluding hydrogens is 344 g/mol. The van der Waals surface area contributed by atoms with Gasteiger partial charge in [-0.3, -0.25) is 0 Å². The summed E-state index contributed by atoms with van der Waals surface area (Å²) in [7, 11) is -2.81. The third kappa shape index (κ3) is 4.47. The van der Waals surface area contributed by atoms with Crippen LogP contribution >= 0.6 is 0 Å². The van der Waals surface area contributed by atoms with E-state index in [9.17, 15) is 0 Å². The SMILES string of the molecule is C[Si](C)(C)C#Cc1cccc2cc3cccc(C#C[Si](C)(C)C)c3cc12. The monoisotopic (exact) mass is 370 g/mol. The van der Waals surface area contributed by atoms with Gasteiger partial charge in [-0.1, -0.05) is 75.4 Å². The van der Waals surface area contributed by atoms with Gasteiger partial charge in [0.1, 0.15) is 16.1 Å². The van der Waals surface area contributed by atoms with Gasteiger partial charge in [0.05, 0.1) is 0 Å². The molecule has 26 heavy (non-hydrogen) atoms. The van der Waals surface area contributed by atoms with E-state index in [2.05, 4.69) is 111 Å². The molecule has 0 aliphatic rings. The van der Waals surface area contributed by atoms with Gasteiger partial charge in [0.2, 0.25) is 0 Å². The van der Waals surface area contributed by atoms with Gasteiger partial charge >= 0.3 is 0 Å². The van der Waals surface area contributed by atoms with E-state index in [0.29, 0.717) is 0 Å². The molecule has 0 aliphatic carbocycles. The topological polar surface area (TPSA) is 0 Å². The van der Waals surface area contributed by atoms with Gasteiger partial charge in [-0.25, -0.2) is 0 Å². The predicted molar refractivity (Wildman–Crippen MR) is 122 cm³/mol. The first-order valence-corrected chi connectivity index (χ1v) is 16.1. The van der Waals surface area contributed by atoms with Crippen molar-refractivity contribution in [1.82, 2.24) is 0 Å². The van der Waals surface area contributed by atoms with E-state index in [-0.39, 0.29) is 0 Å². The second-order valence-electron chi connectivity index (χ2n) is 8.91. The molecule has 0 bridgehead atoms. The molecule has 0 radical (unpaired) electrons. The minimum absolute atomic E-state index is 1.12. The smallest absolute Gasteiger partial charge is 0.127 e. The number of hydrogen-bond donors (Lipinski definition) is 0. The van der Waals surface area contributed by atoms with Crippen LogP contribution in [0.25, 0.3) is 21.5 Å². The Labute approximate surface area is 159 Å². The summed E-state index contributed by atoms with van der Waals surface area (Å²) in [5.74, 6) is 6.90. The van der Waals surface area contributed by atoms with Crippen molar-refractivity contribution in [3.05, 3.63) is 59.7 Å². The summed E-state index contributed by atoms with van der Waals surface area (Å²) in [5.41, 5.74) is 9.26. The van der Waals surface area contributed by atoms with Crippen LogP contribution in [0.3, 0.4) is 0 Å². The van der Waals surface area contributed by atoms with Crippen molar-refractivity contribution in [3.8, 4) is 22.9 Å². The average Bonchev–Trinajstić information content (AvgIpc) is 2.54. The highest BCUT2D eigenvalue weighted by molar-refractivity contribution is 6.84. The first-order chi connectivity index (χ1) is 12.1. The summed E-state index contributed by atoms with van der Waals surface area (Å²) in [5, 5.41) is 4.95. The molecule has 0 nitrogen and oxygen atoms in total. The van der Waals surface area contributed by atoms with Crippen molar-refractivity contribution < 1.29 is 0 Å². The minimum atomic E-state index is -1.40. The maximum Gasteiger partial charge on any atom is 0.129 e. The van der Waals surface area contributed by atoms with E-state index >= 15 is 0 Å². The highest BCUT2D eigenvalue weighted by Gasteiger charge is 2.10. The van der Waals surface area contributed by atoms with E-state index in [1.807, 2.05) is 0 Å². The Bertz CT molecular complexity index is 1020. The zero-order chi connectivity index (χ0) is 18.9. The van der Waals surface area contributed by atoms with E-state index in [0.717, 1.165) is 11.1 Å². The van der Waals surface area contributed by atoms with Crippen LogP contribution in [0.5, 0.6) is 0 Å². The highest BCUT2D eigenvalue weighted by Crippen LogP contribution is 2.27. The second kappa shape index (κ2) is 6.80. The number of benzene rings is 3. The molecule has 0 atom stereocenters. The minimum Gasteiger partial charge on any atom is -0.127 e. The van der Waals surface area contributed by atoms with E-state index in [1.54, 1.807) is 0 Å². The highest BCUT2D eigenvalue weighted by atomic mass is 28.3. The molecule has 3 rings (SSSR count). The van der Waals surface area contributed by atoms with Crippen molar-refractivity contribution in [2.24, 2.45) is 0 Å². The van der Waals surface area contributed by atoms with Crippen molar-refractivity contribution in [2.45, 2.75) is 39.3 Å². The summed E-state index contributed by atoms with van der Waals surface area (Å²) in [4.78, 5) is 0. The summed E-state index contributed by atoms with van der Waals surface area (Å²) in [6, 6.07) is 17.4. The van der Waals surface area contributed by atoms with Gasteiger partial charge in [-0.2, -0.15) is 0 Å². The molecule has 2 heteroatoms. The first-order valence-electron chi connectivity index (χ1n) is 9.14. The fourth-order valence-corrected chi connectivity index (χ4v) is 3.80. The quantitative estimate of drug-likeness (QED) is 0.242. The Morgan fingerprint density at radius 1 is 0.577 bits per heavy atom. The van der Waals surface area contributed by atoms with Crippen LogP contribution in [-0.4, -0.2) is 16.1 Å². The van der Waals surface area contributed by atoms with Crippen LogP contribution in [0.1, 0.15) is 11.1 Å². The summed E-state index contributed by atoms with van der Waals surface area (Å²) < 4.78 is 0. The van der Waals surface area contributed by atoms with Gasteiger partial charge in [-0.05, 0) is 45.8 Å². The van der Waals surface area contributed by atoms with Crippen LogP contribution in [0, 0.1) is 22.9 Å². The molecule has 0 amide bonds. The van der Waals surface area contributed by atoms with E-state index in [1.165, 1.54) is 21.5 Å². The molecule has 0 saturated heterocycles. The molecule has 3 aromatic rings. The van der Waals surface area contributed by atoms with Crippen LogP contribution in [0.2, 0.25) is 39.3 Å². The number of rotatable bonds is 0. The molecule has 0 aromatic heterocycles.